The van der Waals surface area contributed by atoms with Crippen molar-refractivity contribution < 1.29 is 14.7 Å². The lowest BCUT2D eigenvalue weighted by molar-refractivity contribution is -0.157. The molecule has 0 fully saturated rings. The molecule has 0 aromatic carbocycles. The Morgan fingerprint density at radius 3 is 2.56 bits per heavy atom. The Morgan fingerprint density at radius 2 is 2.11 bits per heavy atom. The normalized spacial score (nSPS) is 11.3. The predicted molar refractivity (Wildman–Crippen MR) is 74.8 cm³/mol. The minimum Gasteiger partial charge on any atom is -0.480 e. The highest BCUT2D eigenvalue weighted by Crippen LogP contribution is 2.22. The van der Waals surface area contributed by atoms with E-state index >= 15 is 0 Å². The van der Waals surface area contributed by atoms with E-state index in [2.05, 4.69) is 15.9 Å². The van der Waals surface area contributed by atoms with Crippen LogP contribution in [0.2, 0.25) is 0 Å². The predicted octanol–water partition coefficient (Wildman–Crippen LogP) is 2.62. The fraction of sp³-hybridized carbons (Fsp3) is 0.500. The Labute approximate surface area is 119 Å². The molecule has 0 aliphatic heterocycles. The van der Waals surface area contributed by atoms with Crippen molar-refractivity contribution in [2.24, 2.45) is 5.41 Å². The molecule has 6 heteroatoms. The quantitative estimate of drug-likeness (QED) is 0.842. The molecule has 1 rings (SSSR count). The molecular weight excluding hydrogens is 318 g/mol. The zero-order chi connectivity index (χ0) is 13.9. The number of aliphatic carboxylic acids is 1. The first kappa shape index (κ1) is 15.2. The molecule has 0 aliphatic carbocycles. The number of carboxylic acid groups (broad SMARTS) is 1. The molecule has 1 heterocycles. The molecule has 0 saturated carbocycles. The molecule has 0 saturated heterocycles. The van der Waals surface area contributed by atoms with Gasteiger partial charge in [-0.15, -0.1) is 11.3 Å². The van der Waals surface area contributed by atoms with Crippen LogP contribution in [0.25, 0.3) is 0 Å². The lowest BCUT2D eigenvalue weighted by atomic mass is 9.92. The first-order chi connectivity index (χ1) is 8.25. The van der Waals surface area contributed by atoms with E-state index in [0.29, 0.717) is 6.54 Å². The Morgan fingerprint density at radius 1 is 1.50 bits per heavy atom. The van der Waals surface area contributed by atoms with Crippen LogP contribution in [-0.4, -0.2) is 35.5 Å². The smallest absolute Gasteiger partial charge is 0.318 e. The number of carboxylic acids is 1. The van der Waals surface area contributed by atoms with Crippen molar-refractivity contribution in [1.29, 1.82) is 0 Å². The average Bonchev–Trinajstić information content (AvgIpc) is 2.70. The zero-order valence-electron chi connectivity index (χ0n) is 10.6. The summed E-state index contributed by atoms with van der Waals surface area (Å²) in [6.45, 7) is 3.37. The van der Waals surface area contributed by atoms with Crippen LogP contribution in [0.15, 0.2) is 15.9 Å². The summed E-state index contributed by atoms with van der Waals surface area (Å²) < 4.78 is 1.03. The molecular formula is C12H16BrNO3S. The fourth-order valence-electron chi connectivity index (χ4n) is 1.43. The number of likely N-dealkylation sites (N-methyl/N-ethyl adjacent to an activating group) is 1. The minimum atomic E-state index is -1.37. The first-order valence-corrected chi connectivity index (χ1v) is 7.14. The molecule has 0 spiro atoms. The molecule has 1 amide bonds. The first-order valence-electron chi connectivity index (χ1n) is 5.47. The van der Waals surface area contributed by atoms with Gasteiger partial charge in [0.15, 0.2) is 0 Å². The molecule has 0 atom stereocenters. The molecule has 100 valence electrons. The molecule has 1 N–H and O–H groups in total. The zero-order valence-corrected chi connectivity index (χ0v) is 13.0. The summed E-state index contributed by atoms with van der Waals surface area (Å²) in [5, 5.41) is 11.0. The van der Waals surface area contributed by atoms with E-state index in [4.69, 9.17) is 5.11 Å². The highest BCUT2D eigenvalue weighted by atomic mass is 79.9. The average molecular weight is 334 g/mol. The Hall–Kier alpha value is -0.880. The Bertz CT molecular complexity index is 456. The monoisotopic (exact) mass is 333 g/mol. The van der Waals surface area contributed by atoms with Gasteiger partial charge in [-0.3, -0.25) is 9.59 Å². The number of hydrogen-bond donors (Lipinski definition) is 1. The molecule has 1 aromatic rings. The van der Waals surface area contributed by atoms with Crippen molar-refractivity contribution in [2.45, 2.75) is 20.3 Å². The third kappa shape index (κ3) is 3.55. The van der Waals surface area contributed by atoms with E-state index in [1.807, 2.05) is 11.4 Å². The third-order valence-corrected chi connectivity index (χ3v) is 4.49. The van der Waals surface area contributed by atoms with Gasteiger partial charge in [0.05, 0.1) is 0 Å². The summed E-state index contributed by atoms with van der Waals surface area (Å²) in [5.74, 6) is -1.47. The van der Waals surface area contributed by atoms with Crippen LogP contribution >= 0.6 is 27.3 Å². The highest BCUT2D eigenvalue weighted by molar-refractivity contribution is 9.10. The summed E-state index contributed by atoms with van der Waals surface area (Å²) in [6.07, 6.45) is 0.730. The van der Waals surface area contributed by atoms with Crippen LogP contribution in [0.4, 0.5) is 0 Å². The van der Waals surface area contributed by atoms with E-state index in [-0.39, 0.29) is 5.91 Å². The highest BCUT2D eigenvalue weighted by Gasteiger charge is 2.37. The maximum atomic E-state index is 12.0. The lowest BCUT2D eigenvalue weighted by Gasteiger charge is -2.25. The van der Waals surface area contributed by atoms with E-state index in [1.54, 1.807) is 18.4 Å². The van der Waals surface area contributed by atoms with Gasteiger partial charge in [0.1, 0.15) is 5.41 Å². The van der Waals surface area contributed by atoms with Crippen LogP contribution in [0.5, 0.6) is 0 Å². The van der Waals surface area contributed by atoms with Crippen LogP contribution < -0.4 is 0 Å². The molecule has 4 nitrogen and oxygen atoms in total. The Kier molecular flexibility index (Phi) is 4.92. The third-order valence-electron chi connectivity index (χ3n) is 2.73. The van der Waals surface area contributed by atoms with Gasteiger partial charge in [-0.25, -0.2) is 0 Å². The molecule has 0 unspecified atom stereocenters. The van der Waals surface area contributed by atoms with E-state index < -0.39 is 11.4 Å². The minimum absolute atomic E-state index is 0.370. The number of rotatable bonds is 5. The summed E-state index contributed by atoms with van der Waals surface area (Å²) in [6, 6.07) is 2.01. The van der Waals surface area contributed by atoms with Crippen molar-refractivity contribution in [2.75, 3.05) is 13.6 Å². The van der Waals surface area contributed by atoms with E-state index in [1.165, 1.54) is 18.7 Å². The van der Waals surface area contributed by atoms with Gasteiger partial charge < -0.3 is 10.0 Å². The van der Waals surface area contributed by atoms with Gasteiger partial charge in [-0.1, -0.05) is 0 Å². The summed E-state index contributed by atoms with van der Waals surface area (Å²) in [4.78, 5) is 25.6. The van der Waals surface area contributed by atoms with E-state index in [9.17, 15) is 9.59 Å². The van der Waals surface area contributed by atoms with Crippen molar-refractivity contribution in [3.05, 3.63) is 20.8 Å². The summed E-state index contributed by atoms with van der Waals surface area (Å²) in [5.41, 5.74) is -1.37. The van der Waals surface area contributed by atoms with Crippen molar-refractivity contribution in [3.63, 3.8) is 0 Å². The number of hydrogen-bond acceptors (Lipinski definition) is 3. The number of nitrogens with zero attached hydrogens (tertiary/aromatic N) is 1. The van der Waals surface area contributed by atoms with Crippen molar-refractivity contribution in [3.8, 4) is 0 Å². The maximum absolute atomic E-state index is 12.0. The molecule has 0 aliphatic rings. The van der Waals surface area contributed by atoms with Crippen LogP contribution in [0.3, 0.4) is 0 Å². The second-order valence-electron chi connectivity index (χ2n) is 4.64. The number of amides is 1. The number of carbonyl (C=O) groups excluding carboxylic acids is 1. The van der Waals surface area contributed by atoms with Gasteiger partial charge >= 0.3 is 5.97 Å². The Balaban J connectivity index is 2.58. The van der Waals surface area contributed by atoms with Crippen LogP contribution in [-0.2, 0) is 16.0 Å². The second-order valence-corrected chi connectivity index (χ2v) is 6.55. The van der Waals surface area contributed by atoms with Crippen molar-refractivity contribution in [1.82, 2.24) is 4.90 Å². The topological polar surface area (TPSA) is 57.6 Å². The molecule has 18 heavy (non-hydrogen) atoms. The standard InChI is InChI=1S/C12H16BrNO3S/c1-12(2,11(16)17)10(15)14(3)5-4-9-6-8(13)7-18-9/h6-7H,4-5H2,1-3H3,(H,16,17). The van der Waals surface area contributed by atoms with Gasteiger partial charge in [0, 0.05) is 28.3 Å². The van der Waals surface area contributed by atoms with Crippen LogP contribution in [0.1, 0.15) is 18.7 Å². The molecule has 1 aromatic heterocycles. The summed E-state index contributed by atoms with van der Waals surface area (Å²) in [7, 11) is 1.63. The molecule has 0 bridgehead atoms. The number of halogens is 1. The lowest BCUT2D eigenvalue weighted by Crippen LogP contribution is -2.44. The second kappa shape index (κ2) is 5.84. The summed E-state index contributed by atoms with van der Waals surface area (Å²) >= 11 is 4.99. The van der Waals surface area contributed by atoms with Crippen LogP contribution in [0, 0.1) is 5.41 Å². The van der Waals surface area contributed by atoms with E-state index in [0.717, 1.165) is 15.8 Å². The maximum Gasteiger partial charge on any atom is 0.318 e. The molecule has 0 radical (unpaired) electrons. The fourth-order valence-corrected chi connectivity index (χ4v) is 2.88. The van der Waals surface area contributed by atoms with Gasteiger partial charge in [-0.05, 0) is 42.3 Å². The van der Waals surface area contributed by atoms with Crippen molar-refractivity contribution >= 4 is 39.1 Å². The number of thiophene rings is 1. The van der Waals surface area contributed by atoms with Gasteiger partial charge in [-0.2, -0.15) is 0 Å². The largest absolute Gasteiger partial charge is 0.480 e. The van der Waals surface area contributed by atoms with Gasteiger partial charge in [0.2, 0.25) is 5.91 Å². The SMILES string of the molecule is CN(CCc1cc(Br)cs1)C(=O)C(C)(C)C(=O)O. The van der Waals surface area contributed by atoms with Gasteiger partial charge in [0.25, 0.3) is 0 Å². The number of carbonyl (C=O) groups is 2.